The minimum Gasteiger partial charge on any atom is -0.394 e. The summed E-state index contributed by atoms with van der Waals surface area (Å²) in [4.78, 5) is 1.32. The number of aliphatic hydroxyl groups excluding tert-OH is 1. The highest BCUT2D eigenvalue weighted by molar-refractivity contribution is 4.89. The van der Waals surface area contributed by atoms with Crippen LogP contribution in [0.15, 0.2) is 0 Å². The molecule has 0 spiro atoms. The van der Waals surface area contributed by atoms with Crippen LogP contribution < -0.4 is 5.32 Å². The number of aliphatic hydroxyl groups is 1. The van der Waals surface area contributed by atoms with Crippen molar-refractivity contribution in [3.05, 3.63) is 0 Å². The predicted octanol–water partition coefficient (Wildman–Crippen LogP) is 2.01. The van der Waals surface area contributed by atoms with Gasteiger partial charge in [0.2, 0.25) is 0 Å². The number of halogens is 3. The molecule has 0 aromatic rings. The third kappa shape index (κ3) is 7.18. The van der Waals surface area contributed by atoms with Crippen molar-refractivity contribution in [3.63, 3.8) is 0 Å². The Labute approximate surface area is 107 Å². The maximum Gasteiger partial charge on any atom is 0.401 e. The molecule has 6 heteroatoms. The third-order valence-corrected chi connectivity index (χ3v) is 2.65. The van der Waals surface area contributed by atoms with Gasteiger partial charge in [-0.05, 0) is 20.8 Å². The average molecular weight is 270 g/mol. The normalized spacial score (nSPS) is 16.7. The molecule has 1 atom stereocenters. The van der Waals surface area contributed by atoms with Crippen LogP contribution >= 0.6 is 0 Å². The first-order valence-corrected chi connectivity index (χ1v) is 6.18. The Morgan fingerprint density at radius 1 is 1.11 bits per heavy atom. The Bertz CT molecular complexity index is 244. The molecule has 0 aliphatic carbocycles. The molecule has 3 nitrogen and oxygen atoms in total. The van der Waals surface area contributed by atoms with Gasteiger partial charge in [-0.25, -0.2) is 0 Å². The molecule has 0 amide bonds. The van der Waals surface area contributed by atoms with E-state index in [1.807, 2.05) is 13.8 Å². The van der Waals surface area contributed by atoms with Crippen molar-refractivity contribution in [3.8, 4) is 0 Å². The van der Waals surface area contributed by atoms with E-state index in [0.717, 1.165) is 0 Å². The van der Waals surface area contributed by atoms with Gasteiger partial charge in [0.05, 0.1) is 18.7 Å². The fourth-order valence-corrected chi connectivity index (χ4v) is 1.94. The Morgan fingerprint density at radius 3 is 1.89 bits per heavy atom. The summed E-state index contributed by atoms with van der Waals surface area (Å²) in [5.41, 5.74) is -0.732. The molecule has 0 rings (SSSR count). The Balaban J connectivity index is 4.73. The molecule has 2 N–H and O–H groups in total. The van der Waals surface area contributed by atoms with Crippen LogP contribution in [0.5, 0.6) is 0 Å². The summed E-state index contributed by atoms with van der Waals surface area (Å²) in [7, 11) is 0. The van der Waals surface area contributed by atoms with Crippen molar-refractivity contribution in [1.82, 2.24) is 10.2 Å². The SMILES string of the molecule is CC(C)NC(C)(CO)CN(CC(F)(F)F)C(C)C. The molecule has 1 unspecified atom stereocenters. The highest BCUT2D eigenvalue weighted by atomic mass is 19.4. The maximum atomic E-state index is 12.5. The average Bonchev–Trinajstić information content (AvgIpc) is 2.13. The standard InChI is InChI=1S/C12H25F3N2O/c1-9(2)16-11(5,8-18)6-17(10(3)4)7-12(13,14)15/h9-10,16,18H,6-8H2,1-5H3. The molecule has 0 radical (unpaired) electrons. The number of nitrogens with one attached hydrogen (secondary N) is 1. The van der Waals surface area contributed by atoms with Gasteiger partial charge in [0.25, 0.3) is 0 Å². The Kier molecular flexibility index (Phi) is 6.60. The van der Waals surface area contributed by atoms with Crippen LogP contribution in [-0.4, -0.2) is 53.5 Å². The number of hydrogen-bond acceptors (Lipinski definition) is 3. The molecule has 18 heavy (non-hydrogen) atoms. The lowest BCUT2D eigenvalue weighted by Gasteiger charge is -2.38. The van der Waals surface area contributed by atoms with E-state index in [9.17, 15) is 18.3 Å². The van der Waals surface area contributed by atoms with E-state index < -0.39 is 18.3 Å². The van der Waals surface area contributed by atoms with Gasteiger partial charge in [-0.3, -0.25) is 4.90 Å². The van der Waals surface area contributed by atoms with E-state index in [2.05, 4.69) is 5.32 Å². The van der Waals surface area contributed by atoms with Crippen LogP contribution in [-0.2, 0) is 0 Å². The summed E-state index contributed by atoms with van der Waals surface area (Å²) in [5, 5.41) is 12.5. The summed E-state index contributed by atoms with van der Waals surface area (Å²) in [5.74, 6) is 0. The van der Waals surface area contributed by atoms with Crippen LogP contribution in [0.2, 0.25) is 0 Å². The van der Waals surface area contributed by atoms with Gasteiger partial charge >= 0.3 is 6.18 Å². The highest BCUT2D eigenvalue weighted by Gasteiger charge is 2.35. The van der Waals surface area contributed by atoms with Crippen molar-refractivity contribution in [1.29, 1.82) is 0 Å². The number of hydrogen-bond donors (Lipinski definition) is 2. The zero-order valence-electron chi connectivity index (χ0n) is 11.8. The van der Waals surface area contributed by atoms with Crippen molar-refractivity contribution < 1.29 is 18.3 Å². The quantitative estimate of drug-likeness (QED) is 0.743. The zero-order valence-corrected chi connectivity index (χ0v) is 11.8. The molecule has 110 valence electrons. The third-order valence-electron chi connectivity index (χ3n) is 2.65. The second-order valence-corrected chi connectivity index (χ2v) is 5.63. The lowest BCUT2D eigenvalue weighted by Crippen LogP contribution is -2.58. The zero-order chi connectivity index (χ0) is 14.6. The molecule has 0 heterocycles. The van der Waals surface area contributed by atoms with E-state index in [1.54, 1.807) is 20.8 Å². The monoisotopic (exact) mass is 270 g/mol. The summed E-state index contributed by atoms with van der Waals surface area (Å²) < 4.78 is 37.4. The summed E-state index contributed by atoms with van der Waals surface area (Å²) in [6, 6.07) is -0.131. The molecule has 0 aliphatic heterocycles. The second-order valence-electron chi connectivity index (χ2n) is 5.63. The lowest BCUT2D eigenvalue weighted by molar-refractivity contribution is -0.152. The largest absolute Gasteiger partial charge is 0.401 e. The number of nitrogens with zero attached hydrogens (tertiary/aromatic N) is 1. The fraction of sp³-hybridized carbons (Fsp3) is 1.00. The van der Waals surface area contributed by atoms with Gasteiger partial charge in [-0.1, -0.05) is 13.8 Å². The van der Waals surface area contributed by atoms with Gasteiger partial charge in [-0.2, -0.15) is 13.2 Å². The minimum absolute atomic E-state index is 0.0991. The molecule has 0 aromatic carbocycles. The number of alkyl halides is 3. The molecule has 0 saturated carbocycles. The Hall–Kier alpha value is -0.330. The molecule has 0 fully saturated rings. The minimum atomic E-state index is -4.22. The molecule has 0 aliphatic rings. The first kappa shape index (κ1) is 17.7. The summed E-state index contributed by atoms with van der Waals surface area (Å²) >= 11 is 0. The van der Waals surface area contributed by atoms with Crippen LogP contribution in [0.25, 0.3) is 0 Å². The molecular weight excluding hydrogens is 245 g/mol. The molecule has 0 saturated heterocycles. The first-order chi connectivity index (χ1) is 7.99. The summed E-state index contributed by atoms with van der Waals surface area (Å²) in [6.07, 6.45) is -4.22. The molecular formula is C12H25F3N2O. The van der Waals surface area contributed by atoms with Crippen molar-refractivity contribution in [2.24, 2.45) is 0 Å². The van der Waals surface area contributed by atoms with Crippen LogP contribution in [0.4, 0.5) is 13.2 Å². The topological polar surface area (TPSA) is 35.5 Å². The first-order valence-electron chi connectivity index (χ1n) is 6.18. The van der Waals surface area contributed by atoms with E-state index in [1.165, 1.54) is 4.90 Å². The van der Waals surface area contributed by atoms with Crippen LogP contribution in [0.3, 0.4) is 0 Å². The van der Waals surface area contributed by atoms with E-state index >= 15 is 0 Å². The molecule has 0 bridgehead atoms. The van der Waals surface area contributed by atoms with Gasteiger partial charge in [0, 0.05) is 18.6 Å². The Morgan fingerprint density at radius 2 is 1.61 bits per heavy atom. The molecule has 0 aromatic heterocycles. The fourth-order valence-electron chi connectivity index (χ4n) is 1.94. The number of rotatable bonds is 7. The second kappa shape index (κ2) is 6.73. The van der Waals surface area contributed by atoms with Crippen molar-refractivity contribution in [2.75, 3.05) is 19.7 Å². The van der Waals surface area contributed by atoms with Gasteiger partial charge in [0.1, 0.15) is 0 Å². The van der Waals surface area contributed by atoms with E-state index in [4.69, 9.17) is 0 Å². The summed E-state index contributed by atoms with van der Waals surface area (Å²) in [6.45, 7) is 7.97. The van der Waals surface area contributed by atoms with Crippen LogP contribution in [0.1, 0.15) is 34.6 Å². The lowest BCUT2D eigenvalue weighted by atomic mass is 10.0. The van der Waals surface area contributed by atoms with Gasteiger partial charge in [-0.15, -0.1) is 0 Å². The van der Waals surface area contributed by atoms with Gasteiger partial charge in [0.15, 0.2) is 0 Å². The van der Waals surface area contributed by atoms with Gasteiger partial charge < -0.3 is 10.4 Å². The highest BCUT2D eigenvalue weighted by Crippen LogP contribution is 2.20. The van der Waals surface area contributed by atoms with E-state index in [0.29, 0.717) is 0 Å². The van der Waals surface area contributed by atoms with Crippen LogP contribution in [0, 0.1) is 0 Å². The smallest absolute Gasteiger partial charge is 0.394 e. The predicted molar refractivity (Wildman–Crippen MR) is 66.5 cm³/mol. The van der Waals surface area contributed by atoms with Crippen molar-refractivity contribution >= 4 is 0 Å². The van der Waals surface area contributed by atoms with E-state index in [-0.39, 0.29) is 25.2 Å². The maximum absolute atomic E-state index is 12.5. The van der Waals surface area contributed by atoms with Crippen molar-refractivity contribution in [2.45, 2.75) is 58.4 Å².